The van der Waals surface area contributed by atoms with Gasteiger partial charge in [-0.15, -0.1) is 0 Å². The molecule has 2 aliphatic carbocycles. The zero-order valence-corrected chi connectivity index (χ0v) is 13.3. The molecule has 0 radical (unpaired) electrons. The maximum atomic E-state index is 12.8. The highest BCUT2D eigenvalue weighted by molar-refractivity contribution is 5.80. The van der Waals surface area contributed by atoms with Crippen molar-refractivity contribution in [3.8, 4) is 0 Å². The normalized spacial score (nSPS) is 35.3. The number of nitrogens with one attached hydrogen (secondary N) is 1. The van der Waals surface area contributed by atoms with E-state index in [1.807, 2.05) is 18.7 Å². The summed E-state index contributed by atoms with van der Waals surface area (Å²) in [6.07, 6.45) is 6.99. The molecule has 2 saturated carbocycles. The zero-order valence-electron chi connectivity index (χ0n) is 13.3. The highest BCUT2D eigenvalue weighted by atomic mass is 16.2. The smallest absolute Gasteiger partial charge is 0.226 e. The Morgan fingerprint density at radius 2 is 1.95 bits per heavy atom. The summed E-state index contributed by atoms with van der Waals surface area (Å²) < 4.78 is 0. The van der Waals surface area contributed by atoms with Crippen LogP contribution in [-0.4, -0.2) is 35.8 Å². The standard InChI is InChI=1S/C17H28N2O2/c1-11(2)16(20)18-14-4-3-7-19(10-14)17(21)15-9-12-5-6-13(15)8-12/h11-15H,3-10H2,1-2H3,(H,18,20)/t12-,13-,14-,15-/m0/s1. The fourth-order valence-corrected chi connectivity index (χ4v) is 4.44. The third kappa shape index (κ3) is 3.09. The summed E-state index contributed by atoms with van der Waals surface area (Å²) in [4.78, 5) is 26.6. The first-order chi connectivity index (χ1) is 10.0. The van der Waals surface area contributed by atoms with Crippen LogP contribution in [0, 0.1) is 23.7 Å². The molecule has 21 heavy (non-hydrogen) atoms. The Kier molecular flexibility index (Phi) is 4.23. The molecule has 4 nitrogen and oxygen atoms in total. The van der Waals surface area contributed by atoms with Gasteiger partial charge in [0.15, 0.2) is 0 Å². The number of amides is 2. The molecule has 118 valence electrons. The number of likely N-dealkylation sites (tertiary alicyclic amines) is 1. The molecule has 0 aromatic rings. The van der Waals surface area contributed by atoms with Crippen LogP contribution < -0.4 is 5.32 Å². The second-order valence-corrected chi connectivity index (χ2v) is 7.57. The highest BCUT2D eigenvalue weighted by Crippen LogP contribution is 2.49. The Morgan fingerprint density at radius 3 is 2.57 bits per heavy atom. The van der Waals surface area contributed by atoms with E-state index < -0.39 is 0 Å². The van der Waals surface area contributed by atoms with Crippen molar-refractivity contribution in [3.05, 3.63) is 0 Å². The van der Waals surface area contributed by atoms with Crippen molar-refractivity contribution in [2.75, 3.05) is 13.1 Å². The van der Waals surface area contributed by atoms with Crippen molar-refractivity contribution >= 4 is 11.8 Å². The summed E-state index contributed by atoms with van der Waals surface area (Å²) >= 11 is 0. The maximum Gasteiger partial charge on any atom is 0.226 e. The predicted molar refractivity (Wildman–Crippen MR) is 81.5 cm³/mol. The van der Waals surface area contributed by atoms with Crippen molar-refractivity contribution in [1.82, 2.24) is 10.2 Å². The molecular weight excluding hydrogens is 264 g/mol. The topological polar surface area (TPSA) is 49.4 Å². The van der Waals surface area contributed by atoms with E-state index in [4.69, 9.17) is 0 Å². The first-order valence-electron chi connectivity index (χ1n) is 8.63. The van der Waals surface area contributed by atoms with E-state index in [9.17, 15) is 9.59 Å². The fraction of sp³-hybridized carbons (Fsp3) is 0.882. The van der Waals surface area contributed by atoms with E-state index >= 15 is 0 Å². The van der Waals surface area contributed by atoms with Crippen LogP contribution in [-0.2, 0) is 9.59 Å². The monoisotopic (exact) mass is 292 g/mol. The average molecular weight is 292 g/mol. The molecule has 3 fully saturated rings. The number of hydrogen-bond acceptors (Lipinski definition) is 2. The Labute approximate surface area is 127 Å². The summed E-state index contributed by atoms with van der Waals surface area (Å²) in [6.45, 7) is 5.42. The lowest BCUT2D eigenvalue weighted by molar-refractivity contribution is -0.139. The lowest BCUT2D eigenvalue weighted by atomic mass is 9.87. The van der Waals surface area contributed by atoms with Crippen LogP contribution in [0.2, 0.25) is 0 Å². The van der Waals surface area contributed by atoms with Crippen LogP contribution in [0.25, 0.3) is 0 Å². The second kappa shape index (κ2) is 5.98. The molecular formula is C17H28N2O2. The number of piperidine rings is 1. The minimum absolute atomic E-state index is 0.0154. The van der Waals surface area contributed by atoms with E-state index in [0.717, 1.165) is 31.7 Å². The van der Waals surface area contributed by atoms with Gasteiger partial charge in [-0.3, -0.25) is 9.59 Å². The number of carbonyl (C=O) groups is 2. The van der Waals surface area contributed by atoms with Gasteiger partial charge in [-0.25, -0.2) is 0 Å². The SMILES string of the molecule is CC(C)C(=O)N[C@H]1CCCN(C(=O)[C@H]2C[C@H]3CC[C@H]2C3)C1. The minimum atomic E-state index is 0.0154. The van der Waals surface area contributed by atoms with Crippen molar-refractivity contribution in [1.29, 1.82) is 0 Å². The van der Waals surface area contributed by atoms with Crippen LogP contribution in [0.3, 0.4) is 0 Å². The number of nitrogens with zero attached hydrogens (tertiary/aromatic N) is 1. The van der Waals surface area contributed by atoms with Crippen LogP contribution in [0.15, 0.2) is 0 Å². The first-order valence-corrected chi connectivity index (χ1v) is 8.63. The van der Waals surface area contributed by atoms with E-state index in [2.05, 4.69) is 5.32 Å². The quantitative estimate of drug-likeness (QED) is 0.867. The fourth-order valence-electron chi connectivity index (χ4n) is 4.44. The molecule has 0 aromatic carbocycles. The van der Waals surface area contributed by atoms with Gasteiger partial charge >= 0.3 is 0 Å². The number of rotatable bonds is 3. The minimum Gasteiger partial charge on any atom is -0.351 e. The Hall–Kier alpha value is -1.06. The third-order valence-corrected chi connectivity index (χ3v) is 5.66. The van der Waals surface area contributed by atoms with Crippen LogP contribution in [0.5, 0.6) is 0 Å². The van der Waals surface area contributed by atoms with Crippen LogP contribution >= 0.6 is 0 Å². The molecule has 3 rings (SSSR count). The van der Waals surface area contributed by atoms with Gasteiger partial charge in [0, 0.05) is 31.0 Å². The summed E-state index contributed by atoms with van der Waals surface area (Å²) in [5, 5.41) is 3.09. The van der Waals surface area contributed by atoms with Gasteiger partial charge in [0.25, 0.3) is 0 Å². The Morgan fingerprint density at radius 1 is 1.14 bits per heavy atom. The Bertz CT molecular complexity index is 421. The second-order valence-electron chi connectivity index (χ2n) is 7.57. The van der Waals surface area contributed by atoms with Crippen molar-refractivity contribution in [3.63, 3.8) is 0 Å². The Balaban J connectivity index is 1.56. The molecule has 0 unspecified atom stereocenters. The van der Waals surface area contributed by atoms with Crippen LogP contribution in [0.4, 0.5) is 0 Å². The first kappa shape index (κ1) is 14.9. The lowest BCUT2D eigenvalue weighted by Crippen LogP contribution is -2.52. The van der Waals surface area contributed by atoms with Crippen molar-refractivity contribution < 1.29 is 9.59 Å². The molecule has 2 bridgehead atoms. The molecule has 1 N–H and O–H groups in total. The van der Waals surface area contributed by atoms with Gasteiger partial charge in [-0.05, 0) is 43.9 Å². The van der Waals surface area contributed by atoms with Gasteiger partial charge in [0.1, 0.15) is 0 Å². The number of hydrogen-bond donors (Lipinski definition) is 1. The van der Waals surface area contributed by atoms with Gasteiger partial charge in [-0.2, -0.15) is 0 Å². The molecule has 4 heteroatoms. The average Bonchev–Trinajstić information content (AvgIpc) is 3.09. The molecule has 0 aromatic heterocycles. The van der Waals surface area contributed by atoms with E-state index in [-0.39, 0.29) is 23.8 Å². The lowest BCUT2D eigenvalue weighted by Gasteiger charge is -2.36. The van der Waals surface area contributed by atoms with E-state index in [0.29, 0.717) is 18.4 Å². The van der Waals surface area contributed by atoms with Gasteiger partial charge in [-0.1, -0.05) is 20.3 Å². The van der Waals surface area contributed by atoms with Gasteiger partial charge in [0.2, 0.25) is 11.8 Å². The molecule has 4 atom stereocenters. The van der Waals surface area contributed by atoms with E-state index in [1.165, 1.54) is 19.3 Å². The van der Waals surface area contributed by atoms with Gasteiger partial charge in [0.05, 0.1) is 0 Å². The summed E-state index contributed by atoms with van der Waals surface area (Å²) in [7, 11) is 0. The summed E-state index contributed by atoms with van der Waals surface area (Å²) in [5.41, 5.74) is 0. The number of fused-ring (bicyclic) bond motifs is 2. The highest BCUT2D eigenvalue weighted by Gasteiger charge is 2.44. The molecule has 3 aliphatic rings. The largest absolute Gasteiger partial charge is 0.351 e. The summed E-state index contributed by atoms with van der Waals surface area (Å²) in [6, 6.07) is 0.149. The molecule has 1 aliphatic heterocycles. The maximum absolute atomic E-state index is 12.8. The van der Waals surface area contributed by atoms with E-state index in [1.54, 1.807) is 0 Å². The third-order valence-electron chi connectivity index (χ3n) is 5.66. The van der Waals surface area contributed by atoms with Crippen molar-refractivity contribution in [2.24, 2.45) is 23.7 Å². The molecule has 0 spiro atoms. The summed E-state index contributed by atoms with van der Waals surface area (Å²) in [5.74, 6) is 2.23. The van der Waals surface area contributed by atoms with Gasteiger partial charge < -0.3 is 10.2 Å². The van der Waals surface area contributed by atoms with Crippen molar-refractivity contribution in [2.45, 2.75) is 58.4 Å². The number of carbonyl (C=O) groups excluding carboxylic acids is 2. The molecule has 1 saturated heterocycles. The molecule has 2 amide bonds. The predicted octanol–water partition coefficient (Wildman–Crippen LogP) is 2.19. The van der Waals surface area contributed by atoms with Crippen LogP contribution in [0.1, 0.15) is 52.4 Å². The molecule has 1 heterocycles. The zero-order chi connectivity index (χ0) is 15.0.